The molecular weight excluding hydrogens is 228 g/mol. The molecule has 1 aromatic heterocycles. The molecule has 0 aliphatic carbocycles. The smallest absolute Gasteiger partial charge is 0.221 e. The Labute approximate surface area is 106 Å². The number of carbonyl (C=O) groups excluding carboxylic acids is 1. The summed E-state index contributed by atoms with van der Waals surface area (Å²) in [7, 11) is 1.96. The first-order chi connectivity index (χ1) is 8.56. The van der Waals surface area contributed by atoms with E-state index < -0.39 is 0 Å². The van der Waals surface area contributed by atoms with E-state index in [1.807, 2.05) is 36.7 Å². The number of hydrogen-bond acceptors (Lipinski definition) is 3. The highest BCUT2D eigenvalue weighted by Crippen LogP contribution is 2.13. The average molecular weight is 246 g/mol. The van der Waals surface area contributed by atoms with E-state index in [0.717, 1.165) is 16.6 Å². The topological polar surface area (TPSA) is 72.9 Å². The van der Waals surface area contributed by atoms with Crippen LogP contribution in [0.3, 0.4) is 0 Å². The lowest BCUT2D eigenvalue weighted by Gasteiger charge is -2.07. The fourth-order valence-corrected chi connectivity index (χ4v) is 1.86. The van der Waals surface area contributed by atoms with Gasteiger partial charge in [0.05, 0.1) is 17.4 Å². The molecular formula is C13H18N4O. The molecule has 18 heavy (non-hydrogen) atoms. The number of aryl methyl sites for hydroxylation is 1. The molecule has 0 saturated heterocycles. The van der Waals surface area contributed by atoms with Gasteiger partial charge < -0.3 is 15.6 Å². The van der Waals surface area contributed by atoms with Crippen molar-refractivity contribution in [2.45, 2.75) is 25.9 Å². The van der Waals surface area contributed by atoms with Crippen LogP contribution in [0, 0.1) is 0 Å². The van der Waals surface area contributed by atoms with Gasteiger partial charge in [-0.1, -0.05) is 6.07 Å². The maximum absolute atomic E-state index is 11.5. The number of rotatable bonds is 4. The van der Waals surface area contributed by atoms with Crippen molar-refractivity contribution in [3.63, 3.8) is 0 Å². The lowest BCUT2D eigenvalue weighted by Crippen LogP contribution is -2.29. The third-order valence-electron chi connectivity index (χ3n) is 2.79. The van der Waals surface area contributed by atoms with Crippen LogP contribution in [-0.4, -0.2) is 21.5 Å². The van der Waals surface area contributed by atoms with Crippen LogP contribution in [0.1, 0.15) is 18.9 Å². The number of benzene rings is 1. The zero-order valence-corrected chi connectivity index (χ0v) is 10.7. The van der Waals surface area contributed by atoms with Crippen molar-refractivity contribution in [1.29, 1.82) is 0 Å². The molecule has 2 rings (SSSR count). The van der Waals surface area contributed by atoms with E-state index in [4.69, 9.17) is 5.73 Å². The number of nitrogens with one attached hydrogen (secondary N) is 1. The molecule has 0 aliphatic rings. The lowest BCUT2D eigenvalue weighted by atomic mass is 10.2. The van der Waals surface area contributed by atoms with Crippen molar-refractivity contribution in [2.75, 3.05) is 0 Å². The van der Waals surface area contributed by atoms with E-state index in [1.54, 1.807) is 6.33 Å². The Kier molecular flexibility index (Phi) is 3.62. The van der Waals surface area contributed by atoms with Gasteiger partial charge in [-0.25, -0.2) is 4.98 Å². The lowest BCUT2D eigenvalue weighted by molar-refractivity contribution is -0.121. The Morgan fingerprint density at radius 1 is 1.56 bits per heavy atom. The maximum atomic E-state index is 11.5. The molecule has 1 unspecified atom stereocenters. The molecule has 0 spiro atoms. The van der Waals surface area contributed by atoms with E-state index in [0.29, 0.717) is 13.0 Å². The monoisotopic (exact) mass is 246 g/mol. The zero-order valence-electron chi connectivity index (χ0n) is 10.7. The quantitative estimate of drug-likeness (QED) is 0.842. The number of nitrogens with zero attached hydrogens (tertiary/aromatic N) is 2. The molecule has 96 valence electrons. The summed E-state index contributed by atoms with van der Waals surface area (Å²) in [4.78, 5) is 15.8. The number of carbonyl (C=O) groups is 1. The van der Waals surface area contributed by atoms with Gasteiger partial charge in [-0.3, -0.25) is 4.79 Å². The second-order valence-electron chi connectivity index (χ2n) is 4.64. The first-order valence-electron chi connectivity index (χ1n) is 5.98. The van der Waals surface area contributed by atoms with Crippen molar-refractivity contribution < 1.29 is 4.79 Å². The Morgan fingerprint density at radius 3 is 3.06 bits per heavy atom. The van der Waals surface area contributed by atoms with Gasteiger partial charge >= 0.3 is 0 Å². The minimum atomic E-state index is -0.108. The van der Waals surface area contributed by atoms with Crippen molar-refractivity contribution >= 4 is 16.9 Å². The maximum Gasteiger partial charge on any atom is 0.221 e. The van der Waals surface area contributed by atoms with E-state index >= 15 is 0 Å². The zero-order chi connectivity index (χ0) is 13.1. The molecule has 0 aliphatic heterocycles. The summed E-state index contributed by atoms with van der Waals surface area (Å²) in [5.41, 5.74) is 8.63. The largest absolute Gasteiger partial charge is 0.352 e. The van der Waals surface area contributed by atoms with Crippen molar-refractivity contribution in [3.05, 3.63) is 30.1 Å². The Bertz CT molecular complexity index is 559. The summed E-state index contributed by atoms with van der Waals surface area (Å²) in [5.74, 6) is -0.0221. The molecule has 5 nitrogen and oxygen atoms in total. The third-order valence-corrected chi connectivity index (χ3v) is 2.79. The van der Waals surface area contributed by atoms with Crippen LogP contribution in [0.25, 0.3) is 11.0 Å². The Morgan fingerprint density at radius 2 is 2.33 bits per heavy atom. The first-order valence-corrected chi connectivity index (χ1v) is 5.98. The highest BCUT2D eigenvalue weighted by atomic mass is 16.1. The molecule has 2 aromatic rings. The predicted molar refractivity (Wildman–Crippen MR) is 70.8 cm³/mol. The molecule has 1 amide bonds. The second-order valence-corrected chi connectivity index (χ2v) is 4.64. The number of imidazole rings is 1. The highest BCUT2D eigenvalue weighted by molar-refractivity contribution is 5.78. The summed E-state index contributed by atoms with van der Waals surface area (Å²) in [6.07, 6.45) is 2.13. The standard InChI is InChI=1S/C13H18N4O/c1-9(14)5-13(18)15-7-10-3-4-12-11(6-10)16-8-17(12)2/h3-4,6,8-9H,5,7,14H2,1-2H3,(H,15,18). The summed E-state index contributed by atoms with van der Waals surface area (Å²) in [6, 6.07) is 5.89. The van der Waals surface area contributed by atoms with Crippen LogP contribution < -0.4 is 11.1 Å². The van der Waals surface area contributed by atoms with E-state index in [9.17, 15) is 4.79 Å². The van der Waals surface area contributed by atoms with Crippen molar-refractivity contribution in [3.8, 4) is 0 Å². The van der Waals surface area contributed by atoms with Crippen LogP contribution in [0.5, 0.6) is 0 Å². The molecule has 0 saturated carbocycles. The predicted octanol–water partition coefficient (Wildman–Crippen LogP) is 0.927. The molecule has 1 aromatic carbocycles. The van der Waals surface area contributed by atoms with E-state index in [-0.39, 0.29) is 11.9 Å². The molecule has 0 radical (unpaired) electrons. The number of fused-ring (bicyclic) bond motifs is 1. The molecule has 1 heterocycles. The van der Waals surface area contributed by atoms with Gasteiger partial charge in [0, 0.05) is 26.1 Å². The van der Waals surface area contributed by atoms with Gasteiger partial charge in [0.15, 0.2) is 0 Å². The Hall–Kier alpha value is -1.88. The fourth-order valence-electron chi connectivity index (χ4n) is 1.86. The van der Waals surface area contributed by atoms with Gasteiger partial charge in [0.25, 0.3) is 0 Å². The minimum absolute atomic E-state index is 0.0221. The summed E-state index contributed by atoms with van der Waals surface area (Å²) < 4.78 is 1.97. The molecule has 0 bridgehead atoms. The number of hydrogen-bond donors (Lipinski definition) is 2. The van der Waals surface area contributed by atoms with Crippen LogP contribution >= 0.6 is 0 Å². The van der Waals surface area contributed by atoms with Gasteiger partial charge in [0.2, 0.25) is 5.91 Å². The van der Waals surface area contributed by atoms with Crippen LogP contribution in [0.15, 0.2) is 24.5 Å². The third kappa shape index (κ3) is 2.87. The van der Waals surface area contributed by atoms with Crippen molar-refractivity contribution in [2.24, 2.45) is 12.8 Å². The number of amides is 1. The number of aromatic nitrogens is 2. The summed E-state index contributed by atoms with van der Waals surface area (Å²) in [5, 5.41) is 2.85. The second kappa shape index (κ2) is 5.18. The summed E-state index contributed by atoms with van der Waals surface area (Å²) in [6.45, 7) is 2.33. The minimum Gasteiger partial charge on any atom is -0.352 e. The van der Waals surface area contributed by atoms with Gasteiger partial charge in [-0.2, -0.15) is 0 Å². The highest BCUT2D eigenvalue weighted by Gasteiger charge is 2.05. The number of nitrogens with two attached hydrogens (primary N) is 1. The molecule has 3 N–H and O–H groups in total. The Balaban J connectivity index is 2.02. The van der Waals surface area contributed by atoms with Gasteiger partial charge in [0.1, 0.15) is 0 Å². The molecule has 0 fully saturated rings. The molecule has 5 heteroatoms. The van der Waals surface area contributed by atoms with E-state index in [1.165, 1.54) is 0 Å². The summed E-state index contributed by atoms with van der Waals surface area (Å²) >= 11 is 0. The fraction of sp³-hybridized carbons (Fsp3) is 0.385. The normalized spacial score (nSPS) is 12.6. The van der Waals surface area contributed by atoms with Crippen molar-refractivity contribution in [1.82, 2.24) is 14.9 Å². The average Bonchev–Trinajstić information content (AvgIpc) is 2.67. The van der Waals surface area contributed by atoms with Crippen LogP contribution in [-0.2, 0) is 18.4 Å². The van der Waals surface area contributed by atoms with Gasteiger partial charge in [-0.05, 0) is 24.6 Å². The SMILES string of the molecule is CC(N)CC(=O)NCc1ccc2c(c1)ncn2C. The van der Waals surface area contributed by atoms with Crippen LogP contribution in [0.4, 0.5) is 0 Å². The van der Waals surface area contributed by atoms with E-state index in [2.05, 4.69) is 10.3 Å². The van der Waals surface area contributed by atoms with Gasteiger partial charge in [-0.15, -0.1) is 0 Å². The molecule has 1 atom stereocenters. The first kappa shape index (κ1) is 12.6. The van der Waals surface area contributed by atoms with Crippen LogP contribution in [0.2, 0.25) is 0 Å².